The lowest BCUT2D eigenvalue weighted by Gasteiger charge is -2.24. The Bertz CT molecular complexity index is 887. The van der Waals surface area contributed by atoms with E-state index in [4.69, 9.17) is 0 Å². The van der Waals surface area contributed by atoms with Gasteiger partial charge in [-0.1, -0.05) is 24.3 Å². The summed E-state index contributed by atoms with van der Waals surface area (Å²) in [5, 5.41) is 2.42. The molecule has 1 fully saturated rings. The molecule has 1 aromatic carbocycles. The smallest absolute Gasteiger partial charge is 0.271 e. The number of nitrogens with zero attached hydrogens (tertiary/aromatic N) is 4. The lowest BCUT2D eigenvalue weighted by molar-refractivity contribution is 0.0741. The number of nitrogens with one attached hydrogen (secondary N) is 1. The molecule has 26 heavy (non-hydrogen) atoms. The Morgan fingerprint density at radius 3 is 2.88 bits per heavy atom. The number of carbonyl (C=O) groups excluding carboxylic acids is 1. The molecule has 0 radical (unpaired) electrons. The average molecular weight is 349 g/mol. The van der Waals surface area contributed by atoms with E-state index in [1.54, 1.807) is 12.5 Å². The molecule has 1 atom stereocenters. The van der Waals surface area contributed by atoms with Crippen molar-refractivity contribution in [3.05, 3.63) is 60.4 Å². The maximum absolute atomic E-state index is 12.8. The van der Waals surface area contributed by atoms with Crippen LogP contribution in [0.4, 0.5) is 0 Å². The zero-order chi connectivity index (χ0) is 17.9. The van der Waals surface area contributed by atoms with Crippen LogP contribution in [0, 0.1) is 5.92 Å². The normalized spacial score (nSPS) is 18.8. The van der Waals surface area contributed by atoms with Gasteiger partial charge in [0.2, 0.25) is 0 Å². The van der Waals surface area contributed by atoms with Gasteiger partial charge in [0.05, 0.1) is 12.5 Å². The van der Waals surface area contributed by atoms with E-state index in [2.05, 4.69) is 45.1 Å². The molecule has 1 amide bonds. The van der Waals surface area contributed by atoms with Gasteiger partial charge in [-0.25, -0.2) is 4.98 Å². The number of likely N-dealkylation sites (N-methyl/N-ethyl adjacent to an activating group) is 1. The average Bonchev–Trinajstić information content (AvgIpc) is 3.13. The van der Waals surface area contributed by atoms with Crippen LogP contribution in [0.15, 0.2) is 49.2 Å². The van der Waals surface area contributed by atoms with Crippen molar-refractivity contribution in [2.75, 3.05) is 33.2 Å². The molecule has 134 valence electrons. The van der Waals surface area contributed by atoms with E-state index in [1.165, 1.54) is 10.9 Å². The van der Waals surface area contributed by atoms with Crippen molar-refractivity contribution in [2.45, 2.75) is 6.42 Å². The first-order valence-corrected chi connectivity index (χ1v) is 8.98. The van der Waals surface area contributed by atoms with Gasteiger partial charge in [-0.15, -0.1) is 0 Å². The minimum atomic E-state index is 0.0267. The summed E-state index contributed by atoms with van der Waals surface area (Å²) >= 11 is 0. The molecule has 1 aliphatic rings. The molecule has 1 aliphatic heterocycles. The molecule has 2 aromatic heterocycles. The van der Waals surface area contributed by atoms with E-state index in [9.17, 15) is 4.79 Å². The summed E-state index contributed by atoms with van der Waals surface area (Å²) in [5.74, 6) is 0.390. The molecule has 1 saturated heterocycles. The van der Waals surface area contributed by atoms with E-state index in [-0.39, 0.29) is 5.91 Å². The molecule has 1 unspecified atom stereocenters. The third kappa shape index (κ3) is 3.46. The minimum absolute atomic E-state index is 0.0267. The predicted molar refractivity (Wildman–Crippen MR) is 101 cm³/mol. The Kier molecular flexibility index (Phi) is 4.67. The lowest BCUT2D eigenvalue weighted by atomic mass is 9.96. The number of imidazole rings is 1. The summed E-state index contributed by atoms with van der Waals surface area (Å²) in [6, 6.07) is 8.36. The van der Waals surface area contributed by atoms with E-state index in [0.717, 1.165) is 38.0 Å². The Hall–Kier alpha value is -2.73. The number of rotatable bonds is 3. The summed E-state index contributed by atoms with van der Waals surface area (Å²) in [5.41, 5.74) is 1.80. The number of hydrogen-bond donors (Lipinski definition) is 1. The molecule has 6 nitrogen and oxygen atoms in total. The van der Waals surface area contributed by atoms with Gasteiger partial charge < -0.3 is 14.8 Å². The highest BCUT2D eigenvalue weighted by Crippen LogP contribution is 2.22. The third-order valence-corrected chi connectivity index (χ3v) is 5.08. The molecular formula is C20H23N5O. The fourth-order valence-electron chi connectivity index (χ4n) is 3.79. The fourth-order valence-corrected chi connectivity index (χ4v) is 3.79. The summed E-state index contributed by atoms with van der Waals surface area (Å²) in [7, 11) is 2.12. The van der Waals surface area contributed by atoms with Crippen LogP contribution < -0.4 is 0 Å². The van der Waals surface area contributed by atoms with Gasteiger partial charge in [0, 0.05) is 44.0 Å². The molecular weight excluding hydrogens is 326 g/mol. The number of fused-ring (bicyclic) bond motifs is 1. The summed E-state index contributed by atoms with van der Waals surface area (Å²) in [4.78, 5) is 28.3. The van der Waals surface area contributed by atoms with Gasteiger partial charge in [0.15, 0.2) is 0 Å². The number of aromatic nitrogens is 3. The molecule has 4 rings (SSSR count). The molecule has 0 spiro atoms. The minimum Gasteiger partial charge on any atom is -0.341 e. The highest BCUT2D eigenvalue weighted by Gasteiger charge is 2.26. The molecule has 0 bridgehead atoms. The largest absolute Gasteiger partial charge is 0.341 e. The van der Waals surface area contributed by atoms with Crippen molar-refractivity contribution in [3.8, 4) is 0 Å². The summed E-state index contributed by atoms with van der Waals surface area (Å²) < 4.78 is 0. The SMILES string of the molecule is CN1CCN(C(=O)c2cnc[nH]2)CC(Cc2cncc3ccccc23)C1. The van der Waals surface area contributed by atoms with Crippen molar-refractivity contribution in [1.82, 2.24) is 24.8 Å². The van der Waals surface area contributed by atoms with Crippen molar-refractivity contribution >= 4 is 16.7 Å². The predicted octanol–water partition coefficient (Wildman–Crippen LogP) is 2.20. The standard InChI is InChI=1S/C20H23N5O/c1-24-6-7-25(20(26)19-11-22-14-23-19)13-15(12-24)8-17-10-21-9-16-4-2-3-5-18(16)17/h2-5,9-11,14-15H,6-8,12-13H2,1H3,(H,22,23). The van der Waals surface area contributed by atoms with Gasteiger partial charge in [0.25, 0.3) is 5.91 Å². The topological polar surface area (TPSA) is 65.1 Å². The van der Waals surface area contributed by atoms with Gasteiger partial charge >= 0.3 is 0 Å². The molecule has 3 aromatic rings. The van der Waals surface area contributed by atoms with Crippen LogP contribution in [0.25, 0.3) is 10.8 Å². The van der Waals surface area contributed by atoms with E-state index >= 15 is 0 Å². The number of aromatic amines is 1. The number of pyridine rings is 1. The van der Waals surface area contributed by atoms with Gasteiger partial charge in [-0.05, 0) is 30.3 Å². The quantitative estimate of drug-likeness (QED) is 0.787. The summed E-state index contributed by atoms with van der Waals surface area (Å²) in [6.07, 6.45) is 7.93. The van der Waals surface area contributed by atoms with Crippen molar-refractivity contribution < 1.29 is 4.79 Å². The number of H-pyrrole nitrogens is 1. The Morgan fingerprint density at radius 2 is 2.04 bits per heavy atom. The van der Waals surface area contributed by atoms with Crippen LogP contribution in [0.2, 0.25) is 0 Å². The first-order chi connectivity index (χ1) is 12.7. The molecule has 0 saturated carbocycles. The Labute approximate surface area is 152 Å². The van der Waals surface area contributed by atoms with Crippen molar-refractivity contribution in [2.24, 2.45) is 5.92 Å². The monoisotopic (exact) mass is 349 g/mol. The van der Waals surface area contributed by atoms with Crippen LogP contribution in [0.3, 0.4) is 0 Å². The first-order valence-electron chi connectivity index (χ1n) is 8.98. The van der Waals surface area contributed by atoms with E-state index in [0.29, 0.717) is 11.6 Å². The van der Waals surface area contributed by atoms with Crippen LogP contribution >= 0.6 is 0 Å². The van der Waals surface area contributed by atoms with Crippen LogP contribution in [-0.2, 0) is 6.42 Å². The van der Waals surface area contributed by atoms with Crippen molar-refractivity contribution in [3.63, 3.8) is 0 Å². The number of carbonyl (C=O) groups is 1. The number of hydrogen-bond acceptors (Lipinski definition) is 4. The second-order valence-electron chi connectivity index (χ2n) is 7.07. The fraction of sp³-hybridized carbons (Fsp3) is 0.350. The highest BCUT2D eigenvalue weighted by molar-refractivity contribution is 5.92. The van der Waals surface area contributed by atoms with Crippen LogP contribution in [-0.4, -0.2) is 63.9 Å². The zero-order valence-corrected chi connectivity index (χ0v) is 14.9. The molecule has 1 N–H and O–H groups in total. The maximum Gasteiger partial charge on any atom is 0.271 e. The number of amides is 1. The second-order valence-corrected chi connectivity index (χ2v) is 7.07. The first kappa shape index (κ1) is 16.7. The molecule has 6 heteroatoms. The van der Waals surface area contributed by atoms with Crippen LogP contribution in [0.1, 0.15) is 16.1 Å². The highest BCUT2D eigenvalue weighted by atomic mass is 16.2. The van der Waals surface area contributed by atoms with Crippen molar-refractivity contribution in [1.29, 1.82) is 0 Å². The number of benzene rings is 1. The van der Waals surface area contributed by atoms with E-state index in [1.807, 2.05) is 23.4 Å². The van der Waals surface area contributed by atoms with Gasteiger partial charge in [-0.2, -0.15) is 0 Å². The molecule has 3 heterocycles. The Morgan fingerprint density at radius 1 is 1.15 bits per heavy atom. The van der Waals surface area contributed by atoms with Crippen LogP contribution in [0.5, 0.6) is 0 Å². The lowest BCUT2D eigenvalue weighted by Crippen LogP contribution is -2.36. The summed E-state index contributed by atoms with van der Waals surface area (Å²) in [6.45, 7) is 3.32. The van der Waals surface area contributed by atoms with Gasteiger partial charge in [0.1, 0.15) is 5.69 Å². The second kappa shape index (κ2) is 7.25. The Balaban J connectivity index is 1.57. The van der Waals surface area contributed by atoms with Gasteiger partial charge in [-0.3, -0.25) is 9.78 Å². The van der Waals surface area contributed by atoms with E-state index < -0.39 is 0 Å². The maximum atomic E-state index is 12.8. The third-order valence-electron chi connectivity index (χ3n) is 5.08. The zero-order valence-electron chi connectivity index (χ0n) is 14.9. The molecule has 0 aliphatic carbocycles.